The van der Waals surface area contributed by atoms with E-state index in [0.717, 1.165) is 37.5 Å². The molecule has 1 aromatic carbocycles. The zero-order valence-corrected chi connectivity index (χ0v) is 15.4. The van der Waals surface area contributed by atoms with Gasteiger partial charge < -0.3 is 4.74 Å². The van der Waals surface area contributed by atoms with Crippen LogP contribution in [0.5, 0.6) is 0 Å². The van der Waals surface area contributed by atoms with Crippen molar-refractivity contribution in [3.8, 4) is 0 Å². The van der Waals surface area contributed by atoms with Gasteiger partial charge in [-0.05, 0) is 55.5 Å². The molecule has 0 saturated heterocycles. The summed E-state index contributed by atoms with van der Waals surface area (Å²) in [5.41, 5.74) is 1.94. The molecule has 25 heavy (non-hydrogen) atoms. The van der Waals surface area contributed by atoms with Gasteiger partial charge in [0.05, 0.1) is 10.5 Å². The quantitative estimate of drug-likeness (QED) is 0.590. The first-order chi connectivity index (χ1) is 11.9. The summed E-state index contributed by atoms with van der Waals surface area (Å²) in [5, 5.41) is 1.81. The Labute approximate surface area is 150 Å². The fourth-order valence-electron chi connectivity index (χ4n) is 2.85. The number of carbonyl (C=O) groups excluding carboxylic acids is 2. The van der Waals surface area contributed by atoms with E-state index in [1.54, 1.807) is 11.3 Å². The van der Waals surface area contributed by atoms with Gasteiger partial charge in [0.25, 0.3) is 0 Å². The van der Waals surface area contributed by atoms with E-state index in [0.29, 0.717) is 11.1 Å². The molecule has 0 aliphatic heterocycles. The molecule has 1 aliphatic rings. The monoisotopic (exact) mass is 378 g/mol. The van der Waals surface area contributed by atoms with Crippen molar-refractivity contribution in [1.82, 2.24) is 0 Å². The van der Waals surface area contributed by atoms with Crippen molar-refractivity contribution >= 4 is 32.9 Å². The van der Waals surface area contributed by atoms with Crippen LogP contribution >= 0.6 is 11.3 Å². The minimum absolute atomic E-state index is 0.144. The van der Waals surface area contributed by atoms with Gasteiger partial charge in [-0.25, -0.2) is 13.2 Å². The lowest BCUT2D eigenvalue weighted by atomic mass is 9.96. The van der Waals surface area contributed by atoms with Crippen LogP contribution in [-0.2, 0) is 27.4 Å². The Morgan fingerprint density at radius 1 is 1.12 bits per heavy atom. The summed E-state index contributed by atoms with van der Waals surface area (Å²) in [6, 6.07) is 5.61. The maximum absolute atomic E-state index is 12.3. The second kappa shape index (κ2) is 7.09. The molecule has 0 unspecified atom stereocenters. The number of carbonyl (C=O) groups is 2. The lowest BCUT2D eigenvalue weighted by Crippen LogP contribution is -2.15. The van der Waals surface area contributed by atoms with Crippen LogP contribution in [0.2, 0.25) is 0 Å². The largest absolute Gasteiger partial charge is 0.454 e. The van der Waals surface area contributed by atoms with Crippen LogP contribution < -0.4 is 0 Å². The number of aryl methyl sites for hydroxylation is 1. The third kappa shape index (κ3) is 3.99. The van der Waals surface area contributed by atoms with E-state index in [-0.39, 0.29) is 17.3 Å². The van der Waals surface area contributed by atoms with Crippen LogP contribution in [-0.4, -0.2) is 33.0 Å². The van der Waals surface area contributed by atoms with E-state index in [4.69, 9.17) is 4.74 Å². The SMILES string of the molecule is CS(=O)(=O)c1ccc(C(=O)COC(=O)c2csc3c2CCCC3)cc1. The lowest BCUT2D eigenvalue weighted by Gasteiger charge is -2.12. The zero-order valence-electron chi connectivity index (χ0n) is 13.8. The van der Waals surface area contributed by atoms with Gasteiger partial charge in [0.1, 0.15) is 0 Å². The average Bonchev–Trinajstić information content (AvgIpc) is 3.03. The number of Topliss-reactive ketones (excluding diaryl/α,β-unsaturated/α-hetero) is 1. The Morgan fingerprint density at radius 2 is 1.80 bits per heavy atom. The number of fused-ring (bicyclic) bond motifs is 1. The molecule has 0 atom stereocenters. The standard InChI is InChI=1S/C18H18O5S2/c1-25(21,22)13-8-6-12(7-9-13)16(19)10-23-18(20)15-11-24-17-5-3-2-4-14(15)17/h6-9,11H,2-5,10H2,1H3. The van der Waals surface area contributed by atoms with E-state index >= 15 is 0 Å². The number of sulfone groups is 1. The number of rotatable bonds is 5. The molecule has 2 aromatic rings. The highest BCUT2D eigenvalue weighted by atomic mass is 32.2. The number of hydrogen-bond donors (Lipinski definition) is 0. The topological polar surface area (TPSA) is 77.5 Å². The molecule has 1 heterocycles. The van der Waals surface area contributed by atoms with Crippen molar-refractivity contribution in [2.75, 3.05) is 12.9 Å². The average molecular weight is 378 g/mol. The maximum Gasteiger partial charge on any atom is 0.339 e. The molecule has 0 radical (unpaired) electrons. The van der Waals surface area contributed by atoms with Crippen molar-refractivity contribution in [3.05, 3.63) is 51.2 Å². The van der Waals surface area contributed by atoms with Gasteiger partial charge in [-0.2, -0.15) is 0 Å². The van der Waals surface area contributed by atoms with Crippen LogP contribution in [0.15, 0.2) is 34.5 Å². The highest BCUT2D eigenvalue weighted by Crippen LogP contribution is 2.30. The molecular weight excluding hydrogens is 360 g/mol. The third-order valence-electron chi connectivity index (χ3n) is 4.22. The van der Waals surface area contributed by atoms with Crippen molar-refractivity contribution in [2.24, 2.45) is 0 Å². The maximum atomic E-state index is 12.3. The van der Waals surface area contributed by atoms with Gasteiger partial charge >= 0.3 is 5.97 Å². The van der Waals surface area contributed by atoms with Crippen molar-refractivity contribution in [3.63, 3.8) is 0 Å². The highest BCUT2D eigenvalue weighted by Gasteiger charge is 2.22. The minimum Gasteiger partial charge on any atom is -0.454 e. The third-order valence-corrected chi connectivity index (χ3v) is 6.44. The van der Waals surface area contributed by atoms with Gasteiger partial charge in [0.2, 0.25) is 0 Å². The van der Waals surface area contributed by atoms with Crippen molar-refractivity contribution in [1.29, 1.82) is 0 Å². The molecular formula is C18H18O5S2. The minimum atomic E-state index is -3.30. The van der Waals surface area contributed by atoms with Crippen LogP contribution in [0.3, 0.4) is 0 Å². The zero-order chi connectivity index (χ0) is 18.0. The van der Waals surface area contributed by atoms with E-state index in [1.807, 2.05) is 5.38 Å². The molecule has 0 N–H and O–H groups in total. The van der Waals surface area contributed by atoms with Gasteiger partial charge in [-0.3, -0.25) is 4.79 Å². The van der Waals surface area contributed by atoms with E-state index in [2.05, 4.69) is 0 Å². The fraction of sp³-hybridized carbons (Fsp3) is 0.333. The first-order valence-electron chi connectivity index (χ1n) is 7.96. The first kappa shape index (κ1) is 17.8. The number of ether oxygens (including phenoxy) is 1. The second-order valence-corrected chi connectivity index (χ2v) is 9.03. The van der Waals surface area contributed by atoms with Crippen LogP contribution in [0.1, 0.15) is 44.0 Å². The van der Waals surface area contributed by atoms with Crippen LogP contribution in [0.25, 0.3) is 0 Å². The summed E-state index contributed by atoms with van der Waals surface area (Å²) < 4.78 is 28.0. The predicted molar refractivity (Wildman–Crippen MR) is 95.1 cm³/mol. The van der Waals surface area contributed by atoms with Gasteiger partial charge in [-0.15, -0.1) is 11.3 Å². The molecule has 0 saturated carbocycles. The first-order valence-corrected chi connectivity index (χ1v) is 10.7. The Kier molecular flexibility index (Phi) is 5.06. The smallest absolute Gasteiger partial charge is 0.339 e. The lowest BCUT2D eigenvalue weighted by molar-refractivity contribution is 0.0474. The van der Waals surface area contributed by atoms with E-state index in [9.17, 15) is 18.0 Å². The van der Waals surface area contributed by atoms with Gasteiger partial charge in [-0.1, -0.05) is 0 Å². The molecule has 5 nitrogen and oxygen atoms in total. The second-order valence-electron chi connectivity index (χ2n) is 6.05. The molecule has 7 heteroatoms. The number of hydrogen-bond acceptors (Lipinski definition) is 6. The number of benzene rings is 1. The molecule has 0 fully saturated rings. The number of thiophene rings is 1. The molecule has 1 aliphatic carbocycles. The molecule has 1 aromatic heterocycles. The normalized spacial score (nSPS) is 14.0. The molecule has 0 spiro atoms. The Balaban J connectivity index is 1.64. The Hall–Kier alpha value is -1.99. The Morgan fingerprint density at radius 3 is 2.48 bits per heavy atom. The van der Waals surface area contributed by atoms with Gasteiger partial charge in [0, 0.05) is 22.1 Å². The molecule has 132 valence electrons. The number of esters is 1. The summed E-state index contributed by atoms with van der Waals surface area (Å²) in [7, 11) is -3.30. The predicted octanol–water partition coefficient (Wildman–Crippen LogP) is 3.07. The van der Waals surface area contributed by atoms with Gasteiger partial charge in [0.15, 0.2) is 22.2 Å². The van der Waals surface area contributed by atoms with E-state index < -0.39 is 15.8 Å². The summed E-state index contributed by atoms with van der Waals surface area (Å²) in [6.45, 7) is -0.359. The number of ketones is 1. The molecule has 3 rings (SSSR count). The fourth-order valence-corrected chi connectivity index (χ4v) is 4.59. The molecule has 0 bridgehead atoms. The summed E-state index contributed by atoms with van der Waals surface area (Å²) in [4.78, 5) is 25.8. The van der Waals surface area contributed by atoms with Crippen molar-refractivity contribution < 1.29 is 22.7 Å². The molecule has 0 amide bonds. The summed E-state index contributed by atoms with van der Waals surface area (Å²) >= 11 is 1.57. The van der Waals surface area contributed by atoms with E-state index in [1.165, 1.54) is 29.1 Å². The Bertz CT molecular complexity index is 907. The summed E-state index contributed by atoms with van der Waals surface area (Å²) in [6.07, 6.45) is 5.19. The highest BCUT2D eigenvalue weighted by molar-refractivity contribution is 7.90. The van der Waals surface area contributed by atoms with Crippen LogP contribution in [0.4, 0.5) is 0 Å². The van der Waals surface area contributed by atoms with Crippen molar-refractivity contribution in [2.45, 2.75) is 30.6 Å². The summed E-state index contributed by atoms with van der Waals surface area (Å²) in [5.74, 6) is -0.835. The van der Waals surface area contributed by atoms with Crippen LogP contribution in [0, 0.1) is 0 Å².